The molecule has 0 saturated carbocycles. The predicted octanol–water partition coefficient (Wildman–Crippen LogP) is 2.78. The van der Waals surface area contributed by atoms with E-state index >= 15 is 0 Å². The first-order valence-electron chi connectivity index (χ1n) is 5.35. The predicted molar refractivity (Wildman–Crippen MR) is 62.0 cm³/mol. The lowest BCUT2D eigenvalue weighted by atomic mass is 9.79. The summed E-state index contributed by atoms with van der Waals surface area (Å²) in [5.41, 5.74) is -0.745. The molecule has 0 atom stereocenters. The minimum Gasteiger partial charge on any atom is -0.497 e. The fraction of sp³-hybridized carbons (Fsp3) is 0.455. The summed E-state index contributed by atoms with van der Waals surface area (Å²) in [6.07, 6.45) is 0. The van der Waals surface area contributed by atoms with Crippen molar-refractivity contribution < 1.29 is 22.4 Å². The van der Waals surface area contributed by atoms with Crippen LogP contribution in [-0.2, 0) is 0 Å². The van der Waals surface area contributed by atoms with Gasteiger partial charge < -0.3 is 22.4 Å². The minimum absolute atomic E-state index is 0.132. The van der Waals surface area contributed by atoms with Crippen molar-refractivity contribution in [1.29, 1.82) is 0 Å². The molecular formula is C11H15BF3O2-. The van der Waals surface area contributed by atoms with Gasteiger partial charge in [-0.1, -0.05) is 19.3 Å². The molecule has 1 aromatic carbocycles. The second-order valence-electron chi connectivity index (χ2n) is 4.18. The van der Waals surface area contributed by atoms with Gasteiger partial charge in [0.05, 0.1) is 19.5 Å². The molecular weight excluding hydrogens is 232 g/mol. The van der Waals surface area contributed by atoms with E-state index < -0.39 is 12.4 Å². The molecule has 0 amide bonds. The molecule has 0 saturated heterocycles. The van der Waals surface area contributed by atoms with E-state index in [0.29, 0.717) is 0 Å². The molecule has 0 aromatic heterocycles. The van der Waals surface area contributed by atoms with Gasteiger partial charge in [0.25, 0.3) is 0 Å². The van der Waals surface area contributed by atoms with Gasteiger partial charge in [0.2, 0.25) is 0 Å². The van der Waals surface area contributed by atoms with Crippen molar-refractivity contribution in [2.45, 2.75) is 13.8 Å². The molecule has 0 bridgehead atoms. The van der Waals surface area contributed by atoms with Gasteiger partial charge in [-0.2, -0.15) is 0 Å². The molecule has 0 fully saturated rings. The number of hydrogen-bond acceptors (Lipinski definition) is 2. The Hall–Kier alpha value is -1.33. The Kier molecular flexibility index (Phi) is 4.31. The largest absolute Gasteiger partial charge is 0.513 e. The second-order valence-corrected chi connectivity index (χ2v) is 4.18. The highest BCUT2D eigenvalue weighted by molar-refractivity contribution is 6.74. The molecule has 0 spiro atoms. The van der Waals surface area contributed by atoms with Gasteiger partial charge in [0, 0.05) is 0 Å². The Morgan fingerprint density at radius 1 is 1.24 bits per heavy atom. The van der Waals surface area contributed by atoms with Crippen molar-refractivity contribution >= 4 is 12.4 Å². The van der Waals surface area contributed by atoms with Crippen LogP contribution in [0, 0.1) is 5.92 Å². The van der Waals surface area contributed by atoms with Crippen LogP contribution in [0.3, 0.4) is 0 Å². The normalized spacial score (nSPS) is 11.7. The van der Waals surface area contributed by atoms with E-state index in [1.807, 2.05) is 13.8 Å². The summed E-state index contributed by atoms with van der Waals surface area (Å²) in [6, 6.07) is 3.72. The molecule has 17 heavy (non-hydrogen) atoms. The fourth-order valence-electron chi connectivity index (χ4n) is 1.30. The Morgan fingerprint density at radius 3 is 2.35 bits per heavy atom. The molecule has 2 nitrogen and oxygen atoms in total. The first-order valence-corrected chi connectivity index (χ1v) is 5.35. The Balaban J connectivity index is 3.03. The van der Waals surface area contributed by atoms with Crippen LogP contribution >= 0.6 is 0 Å². The third-order valence-electron chi connectivity index (χ3n) is 2.14. The van der Waals surface area contributed by atoms with Gasteiger partial charge in [-0.05, 0) is 24.1 Å². The van der Waals surface area contributed by atoms with Crippen molar-refractivity contribution in [2.24, 2.45) is 5.92 Å². The summed E-state index contributed by atoms with van der Waals surface area (Å²) < 4.78 is 48.4. The van der Waals surface area contributed by atoms with Crippen molar-refractivity contribution in [3.8, 4) is 11.5 Å². The summed E-state index contributed by atoms with van der Waals surface area (Å²) in [7, 11) is 1.33. The fourth-order valence-corrected chi connectivity index (χ4v) is 1.30. The van der Waals surface area contributed by atoms with Crippen LogP contribution in [0.15, 0.2) is 18.2 Å². The van der Waals surface area contributed by atoms with Crippen molar-refractivity contribution in [3.05, 3.63) is 18.2 Å². The van der Waals surface area contributed by atoms with Crippen molar-refractivity contribution in [3.63, 3.8) is 0 Å². The number of benzene rings is 1. The van der Waals surface area contributed by atoms with Crippen LogP contribution in [0.5, 0.6) is 11.5 Å². The van der Waals surface area contributed by atoms with Crippen LogP contribution in [0.2, 0.25) is 0 Å². The van der Waals surface area contributed by atoms with Gasteiger partial charge >= 0.3 is 6.98 Å². The average Bonchev–Trinajstić information content (AvgIpc) is 2.24. The van der Waals surface area contributed by atoms with Crippen LogP contribution < -0.4 is 14.9 Å². The summed E-state index contributed by atoms with van der Waals surface area (Å²) >= 11 is 0. The van der Waals surface area contributed by atoms with Gasteiger partial charge in [-0.3, -0.25) is 0 Å². The lowest BCUT2D eigenvalue weighted by Crippen LogP contribution is -2.35. The van der Waals surface area contributed by atoms with E-state index in [0.717, 1.165) is 6.07 Å². The van der Waals surface area contributed by atoms with Crippen LogP contribution in [0.1, 0.15) is 13.8 Å². The first kappa shape index (κ1) is 13.7. The lowest BCUT2D eigenvalue weighted by molar-refractivity contribution is 0.271. The second kappa shape index (κ2) is 5.34. The molecule has 0 N–H and O–H groups in total. The Morgan fingerprint density at radius 2 is 1.88 bits per heavy atom. The first-order chi connectivity index (χ1) is 7.84. The molecule has 0 heterocycles. The van der Waals surface area contributed by atoms with E-state index in [4.69, 9.17) is 9.47 Å². The zero-order valence-corrected chi connectivity index (χ0v) is 10.0. The van der Waals surface area contributed by atoms with E-state index in [-0.39, 0.29) is 24.0 Å². The topological polar surface area (TPSA) is 18.5 Å². The smallest absolute Gasteiger partial charge is 0.497 e. The summed E-state index contributed by atoms with van der Waals surface area (Å²) in [5.74, 6) is 0.216. The SMILES string of the molecule is COc1ccc(OCC(C)C)c([B-](F)(F)F)c1. The molecule has 96 valence electrons. The molecule has 6 heteroatoms. The Bertz CT molecular complexity index is 377. The molecule has 0 aliphatic heterocycles. The highest BCUT2D eigenvalue weighted by atomic mass is 19.4. The third-order valence-corrected chi connectivity index (χ3v) is 2.14. The summed E-state index contributed by atoms with van der Waals surface area (Å²) in [5, 5.41) is 0. The Labute approximate surface area is 98.8 Å². The molecule has 1 aromatic rings. The number of halogens is 3. The molecule has 1 rings (SSSR count). The van der Waals surface area contributed by atoms with Gasteiger partial charge in [-0.25, -0.2) is 0 Å². The van der Waals surface area contributed by atoms with Gasteiger partial charge in [-0.15, -0.1) is 0 Å². The van der Waals surface area contributed by atoms with Crippen molar-refractivity contribution in [2.75, 3.05) is 13.7 Å². The highest BCUT2D eigenvalue weighted by Crippen LogP contribution is 2.22. The highest BCUT2D eigenvalue weighted by Gasteiger charge is 2.29. The van der Waals surface area contributed by atoms with Gasteiger partial charge in [0.1, 0.15) is 5.75 Å². The lowest BCUT2D eigenvalue weighted by Gasteiger charge is -2.21. The maximum atomic E-state index is 12.8. The summed E-state index contributed by atoms with van der Waals surface area (Å²) in [4.78, 5) is 0. The van der Waals surface area contributed by atoms with E-state index in [1.54, 1.807) is 0 Å². The zero-order chi connectivity index (χ0) is 13.1. The third kappa shape index (κ3) is 3.87. The number of ether oxygens (including phenoxy) is 2. The standard InChI is InChI=1S/C11H15BF3O2/c1-8(2)7-17-11-5-4-9(16-3)6-10(11)12(13,14)15/h4-6,8H,7H2,1-3H3/q-1. The van der Waals surface area contributed by atoms with E-state index in [9.17, 15) is 12.9 Å². The number of hydrogen-bond donors (Lipinski definition) is 0. The quantitative estimate of drug-likeness (QED) is 0.745. The summed E-state index contributed by atoms with van der Waals surface area (Å²) in [6.45, 7) is -1.09. The van der Waals surface area contributed by atoms with E-state index in [2.05, 4.69) is 0 Å². The molecule has 0 aliphatic rings. The number of rotatable bonds is 5. The minimum atomic E-state index is -5.10. The maximum Gasteiger partial charge on any atom is 0.513 e. The molecule has 0 unspecified atom stereocenters. The molecule has 0 radical (unpaired) electrons. The zero-order valence-electron chi connectivity index (χ0n) is 10.0. The average molecular weight is 247 g/mol. The van der Waals surface area contributed by atoms with Crippen molar-refractivity contribution in [1.82, 2.24) is 0 Å². The monoisotopic (exact) mass is 247 g/mol. The van der Waals surface area contributed by atoms with Gasteiger partial charge in [0.15, 0.2) is 0 Å². The number of methoxy groups -OCH3 is 1. The maximum absolute atomic E-state index is 12.8. The van der Waals surface area contributed by atoms with Crippen LogP contribution in [0.4, 0.5) is 12.9 Å². The molecule has 0 aliphatic carbocycles. The van der Waals surface area contributed by atoms with E-state index in [1.165, 1.54) is 19.2 Å². The van der Waals surface area contributed by atoms with Crippen LogP contribution in [-0.4, -0.2) is 20.7 Å². The van der Waals surface area contributed by atoms with Crippen LogP contribution in [0.25, 0.3) is 0 Å².